The molecule has 8 heteroatoms. The lowest BCUT2D eigenvalue weighted by Gasteiger charge is -2.09. The zero-order valence-corrected chi connectivity index (χ0v) is 16.6. The van der Waals surface area contributed by atoms with Crippen molar-refractivity contribution in [2.24, 2.45) is 14.1 Å². The van der Waals surface area contributed by atoms with Gasteiger partial charge in [0, 0.05) is 44.2 Å². The molecule has 1 aromatic carbocycles. The Hall–Kier alpha value is -3.45. The van der Waals surface area contributed by atoms with Crippen molar-refractivity contribution in [2.45, 2.75) is 6.54 Å². The molecule has 146 valence electrons. The molecule has 4 rings (SSSR count). The van der Waals surface area contributed by atoms with Crippen molar-refractivity contribution in [1.82, 2.24) is 18.7 Å². The van der Waals surface area contributed by atoms with Crippen molar-refractivity contribution in [3.05, 3.63) is 97.5 Å². The highest BCUT2D eigenvalue weighted by Crippen LogP contribution is 2.15. The molecule has 0 aliphatic heterocycles. The second kappa shape index (κ2) is 7.18. The van der Waals surface area contributed by atoms with Gasteiger partial charge in [-0.15, -0.1) is 0 Å². The zero-order chi connectivity index (χ0) is 20.7. The van der Waals surface area contributed by atoms with Crippen molar-refractivity contribution >= 4 is 28.4 Å². The summed E-state index contributed by atoms with van der Waals surface area (Å²) in [6.07, 6.45) is 3.23. The van der Waals surface area contributed by atoms with Gasteiger partial charge in [0.1, 0.15) is 10.7 Å². The molecule has 0 spiro atoms. The molecule has 0 bridgehead atoms. The predicted molar refractivity (Wildman–Crippen MR) is 111 cm³/mol. The van der Waals surface area contributed by atoms with Crippen LogP contribution in [0.25, 0.3) is 11.0 Å². The smallest absolute Gasteiger partial charge is 0.331 e. The van der Waals surface area contributed by atoms with Crippen LogP contribution in [-0.2, 0) is 20.6 Å². The van der Waals surface area contributed by atoms with E-state index in [-0.39, 0.29) is 17.0 Å². The summed E-state index contributed by atoms with van der Waals surface area (Å²) in [6.45, 7) is 0.438. The quantitative estimate of drug-likeness (QED) is 0.383. The third kappa shape index (κ3) is 3.30. The van der Waals surface area contributed by atoms with Gasteiger partial charge in [-0.3, -0.25) is 18.7 Å². The van der Waals surface area contributed by atoms with E-state index in [0.717, 1.165) is 10.1 Å². The standard InChI is InChI=1S/C21H17ClN4O3/c1-24-16-9-10-26(18(16)20(28)25(2)21(24)29)12-13-3-5-14(6-4-13)19(27)15-7-8-17(22)23-11-15/h3-11H,12H2,1-2H3. The highest BCUT2D eigenvalue weighted by atomic mass is 35.5. The molecule has 0 N–H and O–H groups in total. The van der Waals surface area contributed by atoms with Gasteiger partial charge in [-0.05, 0) is 23.8 Å². The van der Waals surface area contributed by atoms with Crippen LogP contribution in [0.1, 0.15) is 21.5 Å². The molecule has 7 nitrogen and oxygen atoms in total. The molecule has 29 heavy (non-hydrogen) atoms. The van der Waals surface area contributed by atoms with E-state index in [4.69, 9.17) is 11.6 Å². The van der Waals surface area contributed by atoms with E-state index in [1.165, 1.54) is 17.8 Å². The van der Waals surface area contributed by atoms with Crippen LogP contribution in [0.3, 0.4) is 0 Å². The van der Waals surface area contributed by atoms with E-state index < -0.39 is 0 Å². The zero-order valence-electron chi connectivity index (χ0n) is 15.8. The Labute approximate surface area is 170 Å². The molecule has 0 atom stereocenters. The van der Waals surface area contributed by atoms with Gasteiger partial charge in [-0.25, -0.2) is 9.78 Å². The molecule has 0 aliphatic rings. The SMILES string of the molecule is Cn1c(=O)c2c(ccn2Cc2ccc(C(=O)c3ccc(Cl)nc3)cc2)n(C)c1=O. The van der Waals surface area contributed by atoms with Crippen LogP contribution in [-0.4, -0.2) is 24.5 Å². The summed E-state index contributed by atoms with van der Waals surface area (Å²) in [5.74, 6) is -0.143. The summed E-state index contributed by atoms with van der Waals surface area (Å²) >= 11 is 5.76. The first kappa shape index (κ1) is 18.9. The number of benzene rings is 1. The minimum absolute atomic E-state index is 0.143. The Kier molecular flexibility index (Phi) is 4.68. The summed E-state index contributed by atoms with van der Waals surface area (Å²) in [6, 6.07) is 12.1. The number of carbonyl (C=O) groups excluding carboxylic acids is 1. The second-order valence-electron chi connectivity index (χ2n) is 6.78. The van der Waals surface area contributed by atoms with E-state index in [1.807, 2.05) is 12.1 Å². The van der Waals surface area contributed by atoms with Gasteiger partial charge in [0.05, 0.1) is 5.52 Å². The van der Waals surface area contributed by atoms with Crippen molar-refractivity contribution in [2.75, 3.05) is 0 Å². The molecule has 3 heterocycles. The lowest BCUT2D eigenvalue weighted by Crippen LogP contribution is -2.37. The Morgan fingerprint density at radius 2 is 1.66 bits per heavy atom. The largest absolute Gasteiger partial charge is 0.337 e. The molecule has 4 aromatic rings. The number of nitrogens with zero attached hydrogens (tertiary/aromatic N) is 4. The number of hydrogen-bond acceptors (Lipinski definition) is 4. The molecule has 0 aliphatic carbocycles. The van der Waals surface area contributed by atoms with Crippen LogP contribution in [0, 0.1) is 0 Å². The molecular formula is C21H17ClN4O3. The molecule has 0 saturated carbocycles. The number of aromatic nitrogens is 4. The van der Waals surface area contributed by atoms with E-state index in [0.29, 0.717) is 33.9 Å². The number of halogens is 1. The van der Waals surface area contributed by atoms with E-state index >= 15 is 0 Å². The lowest BCUT2D eigenvalue weighted by atomic mass is 10.0. The Bertz CT molecular complexity index is 1350. The molecule has 0 amide bonds. The summed E-state index contributed by atoms with van der Waals surface area (Å²) in [7, 11) is 3.11. The monoisotopic (exact) mass is 408 g/mol. The fourth-order valence-electron chi connectivity index (χ4n) is 3.30. The number of fused-ring (bicyclic) bond motifs is 1. The first-order valence-corrected chi connectivity index (χ1v) is 9.24. The predicted octanol–water partition coefficient (Wildman–Crippen LogP) is 2.37. The molecule has 0 unspecified atom stereocenters. The van der Waals surface area contributed by atoms with Crippen LogP contribution >= 0.6 is 11.6 Å². The Morgan fingerprint density at radius 1 is 0.966 bits per heavy atom. The minimum Gasteiger partial charge on any atom is -0.337 e. The molecule has 3 aromatic heterocycles. The highest BCUT2D eigenvalue weighted by Gasteiger charge is 2.14. The first-order valence-electron chi connectivity index (χ1n) is 8.87. The fraction of sp³-hybridized carbons (Fsp3) is 0.143. The van der Waals surface area contributed by atoms with E-state index in [2.05, 4.69) is 4.98 Å². The van der Waals surface area contributed by atoms with Gasteiger partial charge in [0.25, 0.3) is 5.56 Å². The van der Waals surface area contributed by atoms with Gasteiger partial charge in [0.15, 0.2) is 5.78 Å². The van der Waals surface area contributed by atoms with Gasteiger partial charge in [-0.2, -0.15) is 0 Å². The van der Waals surface area contributed by atoms with Gasteiger partial charge in [0.2, 0.25) is 0 Å². The Balaban J connectivity index is 1.65. The average Bonchev–Trinajstić information content (AvgIpc) is 3.15. The Morgan fingerprint density at radius 3 is 2.31 bits per heavy atom. The van der Waals surface area contributed by atoms with E-state index in [9.17, 15) is 14.4 Å². The molecule has 0 radical (unpaired) electrons. The molecular weight excluding hydrogens is 392 g/mol. The number of ketones is 1. The normalized spacial score (nSPS) is 11.1. The highest BCUT2D eigenvalue weighted by molar-refractivity contribution is 6.29. The third-order valence-corrected chi connectivity index (χ3v) is 5.17. The van der Waals surface area contributed by atoms with Crippen molar-refractivity contribution in [3.8, 4) is 0 Å². The number of pyridine rings is 1. The number of rotatable bonds is 4. The maximum atomic E-state index is 12.6. The summed E-state index contributed by atoms with van der Waals surface area (Å²) in [4.78, 5) is 41.1. The lowest BCUT2D eigenvalue weighted by molar-refractivity contribution is 0.103. The maximum absolute atomic E-state index is 12.6. The van der Waals surface area contributed by atoms with Crippen LogP contribution < -0.4 is 11.2 Å². The summed E-state index contributed by atoms with van der Waals surface area (Å²) < 4.78 is 4.35. The van der Waals surface area contributed by atoms with Crippen LogP contribution in [0.2, 0.25) is 5.15 Å². The average molecular weight is 409 g/mol. The van der Waals surface area contributed by atoms with Crippen LogP contribution in [0.4, 0.5) is 0 Å². The van der Waals surface area contributed by atoms with Crippen molar-refractivity contribution < 1.29 is 4.79 Å². The van der Waals surface area contributed by atoms with Gasteiger partial charge < -0.3 is 4.57 Å². The maximum Gasteiger partial charge on any atom is 0.331 e. The fourth-order valence-corrected chi connectivity index (χ4v) is 3.42. The minimum atomic E-state index is -0.361. The van der Waals surface area contributed by atoms with E-state index in [1.54, 1.807) is 48.1 Å². The van der Waals surface area contributed by atoms with Crippen molar-refractivity contribution in [3.63, 3.8) is 0 Å². The van der Waals surface area contributed by atoms with Crippen LogP contribution in [0.5, 0.6) is 0 Å². The second-order valence-corrected chi connectivity index (χ2v) is 7.17. The number of aryl methyl sites for hydroxylation is 1. The number of carbonyl (C=O) groups is 1. The molecule has 0 saturated heterocycles. The van der Waals surface area contributed by atoms with Gasteiger partial charge >= 0.3 is 5.69 Å². The summed E-state index contributed by atoms with van der Waals surface area (Å²) in [5.41, 5.74) is 2.26. The third-order valence-electron chi connectivity index (χ3n) is 4.94. The van der Waals surface area contributed by atoms with Crippen molar-refractivity contribution in [1.29, 1.82) is 0 Å². The molecule has 0 fully saturated rings. The van der Waals surface area contributed by atoms with Gasteiger partial charge in [-0.1, -0.05) is 35.9 Å². The van der Waals surface area contributed by atoms with Crippen LogP contribution in [0.15, 0.2) is 64.4 Å². The first-order chi connectivity index (χ1) is 13.9. The summed E-state index contributed by atoms with van der Waals surface area (Å²) in [5, 5.41) is 0.333. The topological polar surface area (TPSA) is 78.9 Å². The number of hydrogen-bond donors (Lipinski definition) is 0.